The summed E-state index contributed by atoms with van der Waals surface area (Å²) in [4.78, 5) is 4.38. The smallest absolute Gasteiger partial charge is 0.100 e. The van der Waals surface area contributed by atoms with Crippen molar-refractivity contribution in [2.24, 2.45) is 23.7 Å². The van der Waals surface area contributed by atoms with Gasteiger partial charge in [-0.25, -0.2) is 0 Å². The van der Waals surface area contributed by atoms with Crippen LogP contribution in [0, 0.1) is 44.4 Å². The van der Waals surface area contributed by atoms with Gasteiger partial charge in [-0.05, 0) is 80.2 Å². The number of hydrogen-bond donors (Lipinski definition) is 1. The van der Waals surface area contributed by atoms with Gasteiger partial charge in [-0.15, -0.1) is 11.3 Å². The Labute approximate surface area is 252 Å². The maximum atomic E-state index is 4.83. The van der Waals surface area contributed by atoms with Crippen LogP contribution in [0.1, 0.15) is 134 Å². The standard InChI is InChI=1S/C7H14.C6H12.C5H7N.C5H6O.C5H6S.C5H10.C4H8/c1-7-5-3-2-4-6-7;1-6-4-2-3-5-6;3*1-5-3-2-4-6-5;1-5-3-2-4-5;1-4-2-3-4/h7H,2-6H2,1H3;6H,2-5H2,1H3;2-4,6H,1H3;2*2-4H,1H3;5H,2-4H2,1H3;4H,2-3H2,1H3. The van der Waals surface area contributed by atoms with E-state index >= 15 is 0 Å². The number of furan rings is 1. The zero-order valence-electron chi connectivity index (χ0n) is 27.2. The van der Waals surface area contributed by atoms with Crippen LogP contribution < -0.4 is 0 Å². The molecule has 3 heteroatoms. The lowest BCUT2D eigenvalue weighted by atomic mass is 9.88. The summed E-state index contributed by atoms with van der Waals surface area (Å²) in [5.41, 5.74) is 1.22. The van der Waals surface area contributed by atoms with E-state index in [4.69, 9.17) is 4.42 Å². The lowest BCUT2D eigenvalue weighted by Crippen LogP contribution is -2.04. The average molecular weight is 570 g/mol. The molecule has 0 amide bonds. The minimum atomic E-state index is 0.968. The molecule has 0 aromatic carbocycles. The summed E-state index contributed by atoms with van der Waals surface area (Å²) in [6.45, 7) is 15.3. The summed E-state index contributed by atoms with van der Waals surface area (Å²) in [5.74, 6) is 5.20. The maximum Gasteiger partial charge on any atom is 0.100 e. The van der Waals surface area contributed by atoms with Crippen LogP contribution in [0.5, 0.6) is 0 Å². The first-order valence-corrected chi connectivity index (χ1v) is 17.2. The van der Waals surface area contributed by atoms with E-state index in [2.05, 4.69) is 57.1 Å². The van der Waals surface area contributed by atoms with Crippen LogP contribution >= 0.6 is 11.3 Å². The molecule has 3 heterocycles. The van der Waals surface area contributed by atoms with E-state index in [0.717, 1.165) is 29.4 Å². The average Bonchev–Trinajstić information content (AvgIpc) is 3.48. The Morgan fingerprint density at radius 3 is 1.25 bits per heavy atom. The van der Waals surface area contributed by atoms with Gasteiger partial charge >= 0.3 is 0 Å². The number of rotatable bonds is 0. The van der Waals surface area contributed by atoms with Gasteiger partial charge in [-0.2, -0.15) is 0 Å². The second kappa shape index (κ2) is 23.9. The number of hydrogen-bond acceptors (Lipinski definition) is 2. The van der Waals surface area contributed by atoms with Crippen molar-refractivity contribution < 1.29 is 4.42 Å². The number of H-pyrrole nitrogens is 1. The summed E-state index contributed by atoms with van der Waals surface area (Å²) < 4.78 is 4.83. The highest BCUT2D eigenvalue weighted by atomic mass is 32.1. The zero-order chi connectivity index (χ0) is 29.4. The van der Waals surface area contributed by atoms with Gasteiger partial charge in [0.2, 0.25) is 0 Å². The van der Waals surface area contributed by atoms with Crippen molar-refractivity contribution >= 4 is 11.3 Å². The molecule has 7 rings (SSSR count). The van der Waals surface area contributed by atoms with Crippen molar-refractivity contribution in [3.8, 4) is 0 Å². The molecular formula is C37H63NOS. The third-order valence-corrected chi connectivity index (χ3v) is 8.68. The maximum absolute atomic E-state index is 4.83. The van der Waals surface area contributed by atoms with Gasteiger partial charge in [0.15, 0.2) is 0 Å². The number of aryl methyl sites for hydroxylation is 3. The highest BCUT2D eigenvalue weighted by Gasteiger charge is 2.12. The van der Waals surface area contributed by atoms with Gasteiger partial charge in [0.25, 0.3) is 0 Å². The first-order valence-electron chi connectivity index (χ1n) is 16.4. The van der Waals surface area contributed by atoms with Gasteiger partial charge in [0.05, 0.1) is 6.26 Å². The summed E-state index contributed by atoms with van der Waals surface area (Å²) in [5, 5.41) is 2.08. The Hall–Kier alpha value is -1.74. The minimum absolute atomic E-state index is 0.968. The van der Waals surface area contributed by atoms with E-state index in [1.165, 1.54) is 100 Å². The van der Waals surface area contributed by atoms with Crippen LogP contribution in [0.25, 0.3) is 0 Å². The van der Waals surface area contributed by atoms with Crippen molar-refractivity contribution in [1.82, 2.24) is 4.98 Å². The van der Waals surface area contributed by atoms with Crippen LogP contribution in [-0.4, -0.2) is 4.98 Å². The van der Waals surface area contributed by atoms with Gasteiger partial charge in [0.1, 0.15) is 5.76 Å². The molecule has 2 nitrogen and oxygen atoms in total. The number of thiophene rings is 1. The Balaban J connectivity index is 0.000000234. The lowest BCUT2D eigenvalue weighted by Gasteiger charge is -2.18. The molecule has 4 fully saturated rings. The molecule has 4 aliphatic carbocycles. The summed E-state index contributed by atoms with van der Waals surface area (Å²) in [7, 11) is 0. The second-order valence-electron chi connectivity index (χ2n) is 12.7. The molecule has 0 saturated heterocycles. The fourth-order valence-electron chi connectivity index (χ4n) is 4.36. The normalized spacial score (nSPS) is 18.1. The van der Waals surface area contributed by atoms with Crippen molar-refractivity contribution in [1.29, 1.82) is 0 Å². The number of aromatic amines is 1. The monoisotopic (exact) mass is 569 g/mol. The fraction of sp³-hybridized carbons (Fsp3) is 0.676. The van der Waals surface area contributed by atoms with Crippen molar-refractivity contribution in [3.05, 3.63) is 70.6 Å². The molecule has 0 spiro atoms. The molecule has 0 bridgehead atoms. The van der Waals surface area contributed by atoms with Gasteiger partial charge < -0.3 is 9.40 Å². The molecule has 4 saturated carbocycles. The summed E-state index contributed by atoms with van der Waals surface area (Å²) >= 11 is 1.78. The van der Waals surface area contributed by atoms with E-state index in [0.29, 0.717) is 0 Å². The quantitative estimate of drug-likeness (QED) is 0.286. The SMILES string of the molecule is CC1CC1.CC1CCC1.CC1CCCC1.CC1CCCCC1.Cc1ccc[nH]1.Cc1ccco1.Cc1cccs1. The molecule has 0 radical (unpaired) electrons. The highest BCUT2D eigenvalue weighted by Crippen LogP contribution is 2.27. The molecule has 40 heavy (non-hydrogen) atoms. The Morgan fingerprint density at radius 1 is 0.600 bits per heavy atom. The summed E-state index contributed by atoms with van der Waals surface area (Å²) in [6, 6.07) is 12.0. The van der Waals surface area contributed by atoms with E-state index in [1.807, 2.05) is 44.3 Å². The van der Waals surface area contributed by atoms with Crippen LogP contribution in [0.4, 0.5) is 0 Å². The van der Waals surface area contributed by atoms with E-state index in [9.17, 15) is 0 Å². The van der Waals surface area contributed by atoms with Crippen LogP contribution in [0.15, 0.2) is 58.7 Å². The predicted molar refractivity (Wildman–Crippen MR) is 179 cm³/mol. The van der Waals surface area contributed by atoms with Gasteiger partial charge in [0, 0.05) is 16.8 Å². The Kier molecular flexibility index (Phi) is 21.7. The van der Waals surface area contributed by atoms with Crippen LogP contribution in [-0.2, 0) is 0 Å². The largest absolute Gasteiger partial charge is 0.470 e. The molecule has 4 aliphatic rings. The Bertz CT molecular complexity index is 771. The minimum Gasteiger partial charge on any atom is -0.470 e. The molecular weight excluding hydrogens is 506 g/mol. The van der Waals surface area contributed by atoms with Crippen molar-refractivity contribution in [3.63, 3.8) is 0 Å². The Morgan fingerprint density at radius 2 is 1.12 bits per heavy atom. The van der Waals surface area contributed by atoms with Crippen molar-refractivity contribution in [2.75, 3.05) is 0 Å². The highest BCUT2D eigenvalue weighted by molar-refractivity contribution is 7.09. The van der Waals surface area contributed by atoms with Gasteiger partial charge in [-0.3, -0.25) is 0 Å². The third-order valence-electron chi connectivity index (χ3n) is 7.88. The topological polar surface area (TPSA) is 28.9 Å². The first kappa shape index (κ1) is 36.3. The van der Waals surface area contributed by atoms with E-state index in [1.54, 1.807) is 17.6 Å². The molecule has 1 N–H and O–H groups in total. The molecule has 3 aromatic rings. The van der Waals surface area contributed by atoms with Gasteiger partial charge in [-0.1, -0.05) is 124 Å². The number of nitrogens with one attached hydrogen (secondary N) is 1. The lowest BCUT2D eigenvalue weighted by molar-refractivity contribution is 0.346. The zero-order valence-corrected chi connectivity index (χ0v) is 28.0. The third kappa shape index (κ3) is 24.1. The molecule has 3 aromatic heterocycles. The summed E-state index contributed by atoms with van der Waals surface area (Å²) in [6.07, 6.45) is 24.4. The van der Waals surface area contributed by atoms with Crippen LogP contribution in [0.3, 0.4) is 0 Å². The molecule has 0 aliphatic heterocycles. The first-order chi connectivity index (χ1) is 19.3. The molecule has 228 valence electrons. The fourth-order valence-corrected chi connectivity index (χ4v) is 4.89. The van der Waals surface area contributed by atoms with E-state index < -0.39 is 0 Å². The van der Waals surface area contributed by atoms with E-state index in [-0.39, 0.29) is 0 Å². The molecule has 0 atom stereocenters. The van der Waals surface area contributed by atoms with Crippen LogP contribution in [0.2, 0.25) is 0 Å². The van der Waals surface area contributed by atoms with Crippen molar-refractivity contribution in [2.45, 2.75) is 138 Å². The second-order valence-corrected chi connectivity index (χ2v) is 13.8. The predicted octanol–water partition coefficient (Wildman–Crippen LogP) is 13.0. The number of aromatic nitrogens is 1. The molecule has 0 unspecified atom stereocenters.